The van der Waals surface area contributed by atoms with Crippen molar-refractivity contribution in [3.05, 3.63) is 28.7 Å². The number of carbonyl (C=O) groups excluding carboxylic acids is 1. The first kappa shape index (κ1) is 17.6. The number of rotatable bonds is 6. The van der Waals surface area contributed by atoms with Crippen molar-refractivity contribution < 1.29 is 27.1 Å². The van der Waals surface area contributed by atoms with E-state index in [1.54, 1.807) is 0 Å². The molecule has 1 saturated heterocycles. The molecular formula is C15H18N2O7S. The summed E-state index contributed by atoms with van der Waals surface area (Å²) in [5.41, 5.74) is 0.391. The molecule has 1 fully saturated rings. The Bertz CT molecular complexity index is 938. The average Bonchev–Trinajstić information content (AvgIpc) is 3.21. The topological polar surface area (TPSA) is 117 Å². The van der Waals surface area contributed by atoms with Gasteiger partial charge in [-0.15, -0.1) is 0 Å². The van der Waals surface area contributed by atoms with E-state index < -0.39 is 21.7 Å². The van der Waals surface area contributed by atoms with E-state index in [-0.39, 0.29) is 29.7 Å². The number of ether oxygens (including phenoxy) is 2. The SMILES string of the molecule is COC(=O)Cn1c(=O)oc2cc(S(=O)(=O)NC[C@@H]3CCCO3)ccc21. The Morgan fingerprint density at radius 1 is 1.44 bits per heavy atom. The summed E-state index contributed by atoms with van der Waals surface area (Å²) in [6.45, 7) is 0.511. The molecule has 2 aromatic rings. The van der Waals surface area contributed by atoms with Gasteiger partial charge in [-0.1, -0.05) is 0 Å². The van der Waals surface area contributed by atoms with Crippen LogP contribution >= 0.6 is 0 Å². The highest BCUT2D eigenvalue weighted by atomic mass is 32.2. The first-order valence-corrected chi connectivity index (χ1v) is 9.20. The summed E-state index contributed by atoms with van der Waals surface area (Å²) in [6, 6.07) is 4.02. The smallest absolute Gasteiger partial charge is 0.420 e. The van der Waals surface area contributed by atoms with Gasteiger partial charge < -0.3 is 13.9 Å². The van der Waals surface area contributed by atoms with Crippen LogP contribution < -0.4 is 10.5 Å². The van der Waals surface area contributed by atoms with Crippen molar-refractivity contribution in [1.82, 2.24) is 9.29 Å². The lowest BCUT2D eigenvalue weighted by Crippen LogP contribution is -2.31. The number of nitrogens with zero attached hydrogens (tertiary/aromatic N) is 1. The van der Waals surface area contributed by atoms with Gasteiger partial charge in [-0.2, -0.15) is 0 Å². The van der Waals surface area contributed by atoms with E-state index in [9.17, 15) is 18.0 Å². The highest BCUT2D eigenvalue weighted by molar-refractivity contribution is 7.89. The van der Waals surface area contributed by atoms with E-state index in [4.69, 9.17) is 9.15 Å². The minimum absolute atomic E-state index is 0.0306. The number of aromatic nitrogens is 1. The number of carbonyl (C=O) groups is 1. The second-order valence-electron chi connectivity index (χ2n) is 5.65. The van der Waals surface area contributed by atoms with E-state index in [1.807, 2.05) is 0 Å². The Balaban J connectivity index is 1.85. The Hall–Kier alpha value is -2.17. The fourth-order valence-electron chi connectivity index (χ4n) is 2.65. The standard InChI is InChI=1S/C15H18N2O7S/c1-22-14(18)9-17-12-5-4-11(7-13(12)24-15(17)19)25(20,21)16-8-10-3-2-6-23-10/h4-5,7,10,16H,2-3,6,8-9H2,1H3/t10-/m0/s1. The number of oxazole rings is 1. The molecule has 0 spiro atoms. The molecule has 3 rings (SSSR count). The molecule has 1 aliphatic rings. The van der Waals surface area contributed by atoms with Gasteiger partial charge in [-0.25, -0.2) is 17.9 Å². The van der Waals surface area contributed by atoms with Gasteiger partial charge in [-0.05, 0) is 25.0 Å². The highest BCUT2D eigenvalue weighted by Crippen LogP contribution is 2.19. The third-order valence-electron chi connectivity index (χ3n) is 3.99. The maximum atomic E-state index is 12.4. The molecule has 1 N–H and O–H groups in total. The Morgan fingerprint density at radius 3 is 2.92 bits per heavy atom. The van der Waals surface area contributed by atoms with Crippen molar-refractivity contribution in [2.45, 2.75) is 30.4 Å². The van der Waals surface area contributed by atoms with Crippen LogP contribution in [0.25, 0.3) is 11.1 Å². The van der Waals surface area contributed by atoms with Crippen LogP contribution in [-0.4, -0.2) is 45.3 Å². The van der Waals surface area contributed by atoms with Gasteiger partial charge in [0.05, 0.1) is 23.6 Å². The van der Waals surface area contributed by atoms with Crippen LogP contribution in [0.2, 0.25) is 0 Å². The monoisotopic (exact) mass is 370 g/mol. The highest BCUT2D eigenvalue weighted by Gasteiger charge is 2.22. The zero-order valence-corrected chi connectivity index (χ0v) is 14.4. The first-order valence-electron chi connectivity index (χ1n) is 7.72. The summed E-state index contributed by atoms with van der Waals surface area (Å²) in [4.78, 5) is 23.2. The van der Waals surface area contributed by atoms with Crippen LogP contribution in [0.5, 0.6) is 0 Å². The molecule has 1 aliphatic heterocycles. The predicted octanol–water partition coefficient (Wildman–Crippen LogP) is 0.225. The minimum Gasteiger partial charge on any atom is -0.468 e. The van der Waals surface area contributed by atoms with Crippen LogP contribution in [0.3, 0.4) is 0 Å². The van der Waals surface area contributed by atoms with E-state index in [0.29, 0.717) is 12.1 Å². The molecule has 1 aromatic carbocycles. The van der Waals surface area contributed by atoms with Gasteiger partial charge in [0.2, 0.25) is 10.0 Å². The molecule has 0 aliphatic carbocycles. The maximum absolute atomic E-state index is 12.4. The van der Waals surface area contributed by atoms with Gasteiger partial charge in [0.15, 0.2) is 5.58 Å². The lowest BCUT2D eigenvalue weighted by atomic mass is 10.2. The Labute approximate surface area is 143 Å². The van der Waals surface area contributed by atoms with Gasteiger partial charge in [-0.3, -0.25) is 9.36 Å². The van der Waals surface area contributed by atoms with Gasteiger partial charge in [0.1, 0.15) is 6.54 Å². The molecule has 1 aromatic heterocycles. The lowest BCUT2D eigenvalue weighted by Gasteiger charge is -2.11. The molecule has 2 heterocycles. The van der Waals surface area contributed by atoms with Gasteiger partial charge in [0.25, 0.3) is 0 Å². The minimum atomic E-state index is -3.76. The summed E-state index contributed by atoms with van der Waals surface area (Å²) in [6.07, 6.45) is 1.60. The van der Waals surface area contributed by atoms with Gasteiger partial charge >= 0.3 is 11.7 Å². The summed E-state index contributed by atoms with van der Waals surface area (Å²) < 4.78 is 43.3. The van der Waals surface area contributed by atoms with Crippen molar-refractivity contribution in [2.75, 3.05) is 20.3 Å². The van der Waals surface area contributed by atoms with Crippen molar-refractivity contribution in [3.63, 3.8) is 0 Å². The van der Waals surface area contributed by atoms with E-state index in [0.717, 1.165) is 17.4 Å². The summed E-state index contributed by atoms with van der Waals surface area (Å²) in [5, 5.41) is 0. The zero-order valence-electron chi connectivity index (χ0n) is 13.6. The maximum Gasteiger partial charge on any atom is 0.420 e. The molecule has 1 atom stereocenters. The molecular weight excluding hydrogens is 352 g/mol. The van der Waals surface area contributed by atoms with Crippen LogP contribution in [-0.2, 0) is 30.8 Å². The van der Waals surface area contributed by atoms with Gasteiger partial charge in [0, 0.05) is 19.2 Å². The van der Waals surface area contributed by atoms with Crippen molar-refractivity contribution in [3.8, 4) is 0 Å². The van der Waals surface area contributed by atoms with Crippen molar-refractivity contribution in [1.29, 1.82) is 0 Å². The lowest BCUT2D eigenvalue weighted by molar-refractivity contribution is -0.141. The molecule has 0 unspecified atom stereocenters. The second kappa shape index (κ2) is 6.98. The van der Waals surface area contributed by atoms with E-state index in [1.165, 1.54) is 25.3 Å². The average molecular weight is 370 g/mol. The van der Waals surface area contributed by atoms with E-state index in [2.05, 4.69) is 9.46 Å². The number of benzene rings is 1. The Morgan fingerprint density at radius 2 is 2.24 bits per heavy atom. The van der Waals surface area contributed by atoms with Crippen LogP contribution in [0, 0.1) is 0 Å². The fourth-order valence-corrected chi connectivity index (χ4v) is 3.73. The molecule has 0 saturated carbocycles. The summed E-state index contributed by atoms with van der Waals surface area (Å²) in [5.74, 6) is -1.37. The Kier molecular flexibility index (Phi) is 4.93. The molecule has 0 bridgehead atoms. The molecule has 0 amide bonds. The second-order valence-corrected chi connectivity index (χ2v) is 7.41. The molecule has 10 heteroatoms. The number of esters is 1. The number of sulfonamides is 1. The van der Waals surface area contributed by atoms with Crippen molar-refractivity contribution >= 4 is 27.1 Å². The molecule has 136 valence electrons. The molecule has 25 heavy (non-hydrogen) atoms. The largest absolute Gasteiger partial charge is 0.468 e. The molecule has 0 radical (unpaired) electrons. The number of hydrogen-bond donors (Lipinski definition) is 1. The number of nitrogens with one attached hydrogen (secondary N) is 1. The summed E-state index contributed by atoms with van der Waals surface area (Å²) in [7, 11) is -2.56. The zero-order chi connectivity index (χ0) is 18.0. The quantitative estimate of drug-likeness (QED) is 0.723. The van der Waals surface area contributed by atoms with E-state index >= 15 is 0 Å². The number of methoxy groups -OCH3 is 1. The van der Waals surface area contributed by atoms with Crippen LogP contribution in [0.1, 0.15) is 12.8 Å². The van der Waals surface area contributed by atoms with Crippen molar-refractivity contribution in [2.24, 2.45) is 0 Å². The third kappa shape index (κ3) is 3.75. The predicted molar refractivity (Wildman–Crippen MR) is 86.7 cm³/mol. The third-order valence-corrected chi connectivity index (χ3v) is 5.41. The van der Waals surface area contributed by atoms with Crippen LogP contribution in [0.15, 0.2) is 32.3 Å². The number of hydrogen-bond acceptors (Lipinski definition) is 7. The van der Waals surface area contributed by atoms with Crippen LogP contribution in [0.4, 0.5) is 0 Å². The fraction of sp³-hybridized carbons (Fsp3) is 0.467. The summed E-state index contributed by atoms with van der Waals surface area (Å²) >= 11 is 0. The normalized spacial score (nSPS) is 17.9. The number of fused-ring (bicyclic) bond motifs is 1. The first-order chi connectivity index (χ1) is 11.9. The molecule has 9 nitrogen and oxygen atoms in total.